The van der Waals surface area contributed by atoms with Crippen molar-refractivity contribution in [2.24, 2.45) is 11.8 Å². The predicted molar refractivity (Wildman–Crippen MR) is 275 cm³/mol. The van der Waals surface area contributed by atoms with E-state index in [2.05, 4.69) is 0 Å². The zero-order valence-electron chi connectivity index (χ0n) is 39.5. The molecule has 0 aromatic heterocycles. The summed E-state index contributed by atoms with van der Waals surface area (Å²) < 4.78 is 0. The summed E-state index contributed by atoms with van der Waals surface area (Å²) >= 11 is 0. The van der Waals surface area contributed by atoms with Crippen molar-refractivity contribution in [1.82, 2.24) is 0 Å². The van der Waals surface area contributed by atoms with Gasteiger partial charge in [0.15, 0.2) is 46.0 Å². The van der Waals surface area contributed by atoms with Crippen LogP contribution in [0.3, 0.4) is 0 Å². The van der Waals surface area contributed by atoms with E-state index in [9.17, 15) is 61.3 Å². The molecule has 0 bridgehead atoms. The smallest absolute Gasteiger partial charge is 0.157 e. The highest BCUT2D eigenvalue weighted by atomic mass is 16.3. The summed E-state index contributed by atoms with van der Waals surface area (Å²) in [7, 11) is 0. The Hall–Kier alpha value is -8.64. The fourth-order valence-corrected chi connectivity index (χ4v) is 9.34. The molecule has 0 unspecified atom stereocenters. The Morgan fingerprint density at radius 1 is 0.236 bits per heavy atom. The Morgan fingerprint density at radius 2 is 0.486 bits per heavy atom. The zero-order valence-corrected chi connectivity index (χ0v) is 39.5. The molecule has 0 aliphatic rings. The summed E-state index contributed by atoms with van der Waals surface area (Å²) in [4.78, 5) is 0. The Labute approximate surface area is 418 Å². The van der Waals surface area contributed by atoms with Gasteiger partial charge in [0.25, 0.3) is 0 Å². The molecule has 0 saturated carbocycles. The molecule has 372 valence electrons. The molecule has 8 aromatic rings. The second-order valence-corrected chi connectivity index (χ2v) is 18.4. The van der Waals surface area contributed by atoms with E-state index in [0.717, 1.165) is 57.3 Å². The average Bonchev–Trinajstić information content (AvgIpc) is 3.37. The third-order valence-electron chi connectivity index (χ3n) is 13.3. The zero-order chi connectivity index (χ0) is 51.3. The van der Waals surface area contributed by atoms with Crippen LogP contribution in [0.15, 0.2) is 170 Å². The van der Waals surface area contributed by atoms with Gasteiger partial charge in [0.05, 0.1) is 0 Å². The van der Waals surface area contributed by atoms with Gasteiger partial charge in [0.2, 0.25) is 0 Å². The van der Waals surface area contributed by atoms with Crippen LogP contribution < -0.4 is 0 Å². The van der Waals surface area contributed by atoms with Gasteiger partial charge in [0.1, 0.15) is 23.0 Å². The number of phenols is 12. The van der Waals surface area contributed by atoms with Crippen LogP contribution in [-0.4, -0.2) is 61.3 Å². The first kappa shape index (κ1) is 51.2. The molecule has 0 spiro atoms. The highest BCUT2D eigenvalue weighted by Gasteiger charge is 2.27. The van der Waals surface area contributed by atoms with Crippen LogP contribution >= 0.6 is 0 Å². The number of benzene rings is 8. The Kier molecular flexibility index (Phi) is 16.9. The lowest BCUT2D eigenvalue weighted by molar-refractivity contribution is 0.379. The summed E-state index contributed by atoms with van der Waals surface area (Å²) in [6.07, 6.45) is 5.40. The van der Waals surface area contributed by atoms with Crippen molar-refractivity contribution in [3.63, 3.8) is 0 Å². The molecule has 12 N–H and O–H groups in total. The van der Waals surface area contributed by atoms with Crippen molar-refractivity contribution in [1.29, 1.82) is 0 Å². The molecular weight excluding hydrogens is 913 g/mol. The fourth-order valence-electron chi connectivity index (χ4n) is 9.34. The molecule has 0 heterocycles. The lowest BCUT2D eigenvalue weighted by Crippen LogP contribution is -2.19. The van der Waals surface area contributed by atoms with Gasteiger partial charge >= 0.3 is 0 Å². The van der Waals surface area contributed by atoms with Gasteiger partial charge in [-0.1, -0.05) is 72.8 Å². The Morgan fingerprint density at radius 3 is 0.764 bits per heavy atom. The molecule has 12 heteroatoms. The second kappa shape index (κ2) is 23.8. The number of aryl methyl sites for hydroxylation is 2. The fraction of sp³-hybridized carbons (Fsp3) is 0.200. The number of aromatic hydroxyl groups is 12. The van der Waals surface area contributed by atoms with Gasteiger partial charge < -0.3 is 61.3 Å². The minimum atomic E-state index is -0.185. The maximum Gasteiger partial charge on any atom is 0.157 e. The number of hydrogen-bond donors (Lipinski definition) is 12. The van der Waals surface area contributed by atoms with Crippen molar-refractivity contribution < 1.29 is 61.3 Å². The number of hydrogen-bond acceptors (Lipinski definition) is 12. The van der Waals surface area contributed by atoms with Gasteiger partial charge in [-0.15, -0.1) is 0 Å². The highest BCUT2D eigenvalue weighted by Crippen LogP contribution is 2.41. The summed E-state index contributed by atoms with van der Waals surface area (Å²) in [5.74, 6) is -0.591. The van der Waals surface area contributed by atoms with Crippen molar-refractivity contribution in [3.8, 4) is 69.0 Å². The number of phenolic OH excluding ortho intramolecular Hbond substituents is 12. The maximum absolute atomic E-state index is 10.3. The van der Waals surface area contributed by atoms with Gasteiger partial charge in [0, 0.05) is 0 Å². The lowest BCUT2D eigenvalue weighted by Gasteiger charge is -2.29. The van der Waals surface area contributed by atoms with Crippen LogP contribution in [0.4, 0.5) is 0 Å². The van der Waals surface area contributed by atoms with E-state index < -0.39 is 0 Å². The van der Waals surface area contributed by atoms with Gasteiger partial charge in [-0.25, -0.2) is 0 Å². The molecule has 0 radical (unpaired) electrons. The Balaban J connectivity index is 0.000000211. The van der Waals surface area contributed by atoms with Crippen LogP contribution in [0, 0.1) is 11.8 Å². The third kappa shape index (κ3) is 14.2. The van der Waals surface area contributed by atoms with Crippen molar-refractivity contribution in [3.05, 3.63) is 214 Å². The quantitative estimate of drug-likeness (QED) is 0.0359. The molecular formula is C60H60O12. The van der Waals surface area contributed by atoms with Crippen LogP contribution in [0.5, 0.6) is 69.0 Å². The largest absolute Gasteiger partial charge is 0.508 e. The van der Waals surface area contributed by atoms with E-state index >= 15 is 0 Å². The molecule has 0 saturated heterocycles. The first-order valence-electron chi connectivity index (χ1n) is 23.7. The predicted octanol–water partition coefficient (Wildman–Crippen LogP) is 11.5. The van der Waals surface area contributed by atoms with E-state index in [4.69, 9.17) is 0 Å². The molecule has 0 aliphatic heterocycles. The highest BCUT2D eigenvalue weighted by molar-refractivity contribution is 5.45. The van der Waals surface area contributed by atoms with Crippen LogP contribution in [0.25, 0.3) is 0 Å². The summed E-state index contributed by atoms with van der Waals surface area (Å²) in [6.45, 7) is 0. The molecule has 72 heavy (non-hydrogen) atoms. The first-order chi connectivity index (χ1) is 34.6. The van der Waals surface area contributed by atoms with E-state index in [-0.39, 0.29) is 92.7 Å². The van der Waals surface area contributed by atoms with Crippen molar-refractivity contribution in [2.75, 3.05) is 0 Å². The van der Waals surface area contributed by atoms with Gasteiger partial charge in [-0.3, -0.25) is 0 Å². The summed E-state index contributed by atoms with van der Waals surface area (Å²) in [5.41, 5.74) is 7.64. The lowest BCUT2D eigenvalue weighted by atomic mass is 9.76. The molecule has 4 atom stereocenters. The van der Waals surface area contributed by atoms with Crippen LogP contribution in [-0.2, 0) is 38.5 Å². The Bertz CT molecular complexity index is 2800. The first-order valence-corrected chi connectivity index (χ1v) is 23.7. The molecule has 0 fully saturated rings. The molecule has 0 aliphatic carbocycles. The van der Waals surface area contributed by atoms with Crippen LogP contribution in [0.2, 0.25) is 0 Å². The molecule has 12 nitrogen and oxygen atoms in total. The average molecular weight is 973 g/mol. The minimum Gasteiger partial charge on any atom is -0.508 e. The van der Waals surface area contributed by atoms with Gasteiger partial charge in [-0.05, 0) is 217 Å². The number of rotatable bonds is 18. The van der Waals surface area contributed by atoms with E-state index in [1.54, 1.807) is 84.9 Å². The van der Waals surface area contributed by atoms with Crippen LogP contribution in [0.1, 0.15) is 69.2 Å². The third-order valence-corrected chi connectivity index (χ3v) is 13.3. The van der Waals surface area contributed by atoms with E-state index in [1.165, 1.54) is 24.3 Å². The van der Waals surface area contributed by atoms with E-state index in [0.29, 0.717) is 38.5 Å². The standard InChI is InChI=1S/2C30H30O6/c2*31-24-9-2-19(3-10-24)15-22(7-1-21-6-13-27(33)29(35)17-21)26(16-20-4-11-25(32)12-5-20)23-8-14-28(34)30(36)18-23/h2*2-6,8-14,17-18,22,26,31-36H,1,7,15-16H2/t2*22-,26-/m10/s1. The molecule has 0 amide bonds. The maximum atomic E-state index is 10.3. The monoisotopic (exact) mass is 972 g/mol. The summed E-state index contributed by atoms with van der Waals surface area (Å²) in [5, 5.41) is 118. The SMILES string of the molecule is Oc1ccc(C[C@@H](CCc2ccc(O)c(O)c2)[C@@H](Cc2ccc(O)cc2)c2ccc(O)c(O)c2)cc1.Oc1ccc(C[C@H](CCc2ccc(O)c(O)c2)[C@H](Cc2ccc(O)cc2)c2ccc(O)c(O)c2)cc1. The summed E-state index contributed by atoms with van der Waals surface area (Å²) in [6, 6.07) is 47.7. The molecule has 8 aromatic carbocycles. The van der Waals surface area contributed by atoms with Crippen molar-refractivity contribution in [2.45, 2.75) is 63.2 Å². The minimum absolute atomic E-state index is 0.0550. The van der Waals surface area contributed by atoms with E-state index in [1.807, 2.05) is 60.7 Å². The normalized spacial score (nSPS) is 12.8. The second-order valence-electron chi connectivity index (χ2n) is 18.4. The topological polar surface area (TPSA) is 243 Å². The molecule has 8 rings (SSSR count). The van der Waals surface area contributed by atoms with Gasteiger partial charge in [-0.2, -0.15) is 0 Å². The van der Waals surface area contributed by atoms with Crippen molar-refractivity contribution >= 4 is 0 Å².